The van der Waals surface area contributed by atoms with Gasteiger partial charge in [0.05, 0.1) is 7.11 Å². The van der Waals surface area contributed by atoms with E-state index in [2.05, 4.69) is 19.2 Å². The van der Waals surface area contributed by atoms with Gasteiger partial charge in [0, 0.05) is 19.0 Å². The first kappa shape index (κ1) is 21.0. The van der Waals surface area contributed by atoms with Crippen LogP contribution in [-0.2, 0) is 16.1 Å². The predicted octanol–water partition coefficient (Wildman–Crippen LogP) is 3.23. The summed E-state index contributed by atoms with van der Waals surface area (Å²) in [7, 11) is 1.62. The molecule has 0 saturated carbocycles. The summed E-state index contributed by atoms with van der Waals surface area (Å²) in [5.41, 5.74) is 0.969. The van der Waals surface area contributed by atoms with Gasteiger partial charge in [-0.3, -0.25) is 9.59 Å². The number of carbonyl (C=O) groups excluding carboxylic acids is 2. The molecule has 0 aliphatic carbocycles. The van der Waals surface area contributed by atoms with Crippen molar-refractivity contribution in [1.29, 1.82) is 0 Å². The average molecular weight is 348 g/mol. The Morgan fingerprint density at radius 1 is 1.08 bits per heavy atom. The van der Waals surface area contributed by atoms with Gasteiger partial charge in [0.25, 0.3) is 0 Å². The van der Waals surface area contributed by atoms with E-state index in [9.17, 15) is 9.59 Å². The highest BCUT2D eigenvalue weighted by Crippen LogP contribution is 2.16. The summed E-state index contributed by atoms with van der Waals surface area (Å²) in [6, 6.07) is 7.05. The first-order valence-electron chi connectivity index (χ1n) is 8.97. The predicted molar refractivity (Wildman–Crippen MR) is 100 cm³/mol. The number of ether oxygens (including phenoxy) is 1. The molecule has 1 rings (SSSR count). The van der Waals surface area contributed by atoms with E-state index in [1.54, 1.807) is 18.9 Å². The van der Waals surface area contributed by atoms with Gasteiger partial charge in [0.2, 0.25) is 11.8 Å². The molecule has 2 amide bonds. The van der Waals surface area contributed by atoms with Crippen LogP contribution < -0.4 is 10.1 Å². The van der Waals surface area contributed by atoms with Crippen molar-refractivity contribution in [3.8, 4) is 5.75 Å². The lowest BCUT2D eigenvalue weighted by molar-refractivity contribution is -0.143. The van der Waals surface area contributed by atoms with Crippen molar-refractivity contribution < 1.29 is 14.3 Å². The number of rotatable bonds is 9. The molecule has 5 nitrogen and oxygen atoms in total. The van der Waals surface area contributed by atoms with Crippen molar-refractivity contribution >= 4 is 11.8 Å². The SMILES string of the molecule is COc1ccc(CN(C(=O)C(C)C)C(C)C(=O)NCCC(C)C)cc1. The van der Waals surface area contributed by atoms with Crippen LogP contribution in [0.5, 0.6) is 5.75 Å². The molecule has 0 fully saturated rings. The number of amides is 2. The molecule has 0 radical (unpaired) electrons. The van der Waals surface area contributed by atoms with Crippen LogP contribution in [0.2, 0.25) is 0 Å². The smallest absolute Gasteiger partial charge is 0.242 e. The Hall–Kier alpha value is -2.04. The highest BCUT2D eigenvalue weighted by atomic mass is 16.5. The summed E-state index contributed by atoms with van der Waals surface area (Å²) in [6.45, 7) is 10.8. The van der Waals surface area contributed by atoms with Crippen LogP contribution in [0.15, 0.2) is 24.3 Å². The van der Waals surface area contributed by atoms with Crippen LogP contribution in [0.4, 0.5) is 0 Å². The number of benzene rings is 1. The van der Waals surface area contributed by atoms with Gasteiger partial charge < -0.3 is 15.0 Å². The minimum absolute atomic E-state index is 0.0256. The topological polar surface area (TPSA) is 58.6 Å². The number of hydrogen-bond acceptors (Lipinski definition) is 3. The maximum absolute atomic E-state index is 12.6. The van der Waals surface area contributed by atoms with Crippen LogP contribution in [-0.4, -0.2) is 36.4 Å². The molecule has 140 valence electrons. The summed E-state index contributed by atoms with van der Waals surface area (Å²) >= 11 is 0. The monoisotopic (exact) mass is 348 g/mol. The molecule has 0 heterocycles. The van der Waals surface area contributed by atoms with Crippen molar-refractivity contribution in [2.75, 3.05) is 13.7 Å². The minimum atomic E-state index is -0.510. The normalized spacial score (nSPS) is 12.2. The number of methoxy groups -OCH3 is 1. The van der Waals surface area contributed by atoms with Crippen molar-refractivity contribution in [1.82, 2.24) is 10.2 Å². The molecule has 1 atom stereocenters. The second-order valence-corrected chi connectivity index (χ2v) is 7.12. The second-order valence-electron chi connectivity index (χ2n) is 7.12. The minimum Gasteiger partial charge on any atom is -0.497 e. The number of nitrogens with zero attached hydrogens (tertiary/aromatic N) is 1. The third-order valence-corrected chi connectivity index (χ3v) is 4.16. The molecule has 5 heteroatoms. The molecule has 1 unspecified atom stereocenters. The summed E-state index contributed by atoms with van der Waals surface area (Å²) in [5, 5.41) is 2.94. The van der Waals surface area contributed by atoms with E-state index in [-0.39, 0.29) is 17.7 Å². The third kappa shape index (κ3) is 6.77. The second kappa shape index (κ2) is 10.1. The molecule has 0 spiro atoms. The van der Waals surface area contributed by atoms with Crippen LogP contribution in [0.3, 0.4) is 0 Å². The van der Waals surface area contributed by atoms with Crippen molar-refractivity contribution in [2.45, 2.75) is 53.6 Å². The van der Waals surface area contributed by atoms with E-state index < -0.39 is 6.04 Å². The lowest BCUT2D eigenvalue weighted by atomic mass is 10.1. The Morgan fingerprint density at radius 2 is 1.68 bits per heavy atom. The van der Waals surface area contributed by atoms with Gasteiger partial charge in [-0.15, -0.1) is 0 Å². The lowest BCUT2D eigenvalue weighted by Gasteiger charge is -2.30. The summed E-state index contributed by atoms with van der Waals surface area (Å²) in [5.74, 6) is 1.00. The van der Waals surface area contributed by atoms with Gasteiger partial charge in [-0.2, -0.15) is 0 Å². The zero-order valence-corrected chi connectivity index (χ0v) is 16.3. The van der Waals surface area contributed by atoms with E-state index in [0.29, 0.717) is 19.0 Å². The van der Waals surface area contributed by atoms with Crippen LogP contribution >= 0.6 is 0 Å². The Morgan fingerprint density at radius 3 is 2.16 bits per heavy atom. The van der Waals surface area contributed by atoms with Gasteiger partial charge in [-0.25, -0.2) is 0 Å². The highest BCUT2D eigenvalue weighted by Gasteiger charge is 2.27. The standard InChI is InChI=1S/C20H32N2O3/c1-14(2)11-12-21-19(23)16(5)22(20(24)15(3)4)13-17-7-9-18(25-6)10-8-17/h7-10,14-16H,11-13H2,1-6H3,(H,21,23). The Labute approximate surface area is 151 Å². The highest BCUT2D eigenvalue weighted by molar-refractivity contribution is 5.88. The molecular formula is C20H32N2O3. The fourth-order valence-corrected chi connectivity index (χ4v) is 2.44. The molecule has 0 saturated heterocycles. The number of nitrogens with one attached hydrogen (secondary N) is 1. The maximum atomic E-state index is 12.6. The molecular weight excluding hydrogens is 316 g/mol. The Bertz CT molecular complexity index is 553. The molecule has 1 N–H and O–H groups in total. The Balaban J connectivity index is 2.84. The average Bonchev–Trinajstić information content (AvgIpc) is 2.58. The van der Waals surface area contributed by atoms with Crippen LogP contribution in [0.25, 0.3) is 0 Å². The number of hydrogen-bond donors (Lipinski definition) is 1. The van der Waals surface area contributed by atoms with Crippen LogP contribution in [0.1, 0.15) is 46.6 Å². The lowest BCUT2D eigenvalue weighted by Crippen LogP contribution is -2.49. The number of carbonyl (C=O) groups is 2. The molecule has 1 aromatic rings. The van der Waals surface area contributed by atoms with Crippen molar-refractivity contribution in [2.24, 2.45) is 11.8 Å². The van der Waals surface area contributed by atoms with E-state index in [0.717, 1.165) is 17.7 Å². The fourth-order valence-electron chi connectivity index (χ4n) is 2.44. The molecule has 1 aromatic carbocycles. The van der Waals surface area contributed by atoms with Gasteiger partial charge in [-0.05, 0) is 37.0 Å². The fraction of sp³-hybridized carbons (Fsp3) is 0.600. The molecule has 0 bridgehead atoms. The zero-order chi connectivity index (χ0) is 19.0. The maximum Gasteiger partial charge on any atom is 0.242 e. The molecule has 0 aromatic heterocycles. The quantitative estimate of drug-likeness (QED) is 0.745. The van der Waals surface area contributed by atoms with Gasteiger partial charge in [0.15, 0.2) is 0 Å². The van der Waals surface area contributed by atoms with Crippen molar-refractivity contribution in [3.05, 3.63) is 29.8 Å². The van der Waals surface area contributed by atoms with E-state index in [4.69, 9.17) is 4.74 Å². The van der Waals surface area contributed by atoms with E-state index in [1.165, 1.54) is 0 Å². The van der Waals surface area contributed by atoms with Gasteiger partial charge >= 0.3 is 0 Å². The van der Waals surface area contributed by atoms with Gasteiger partial charge in [-0.1, -0.05) is 39.8 Å². The molecule has 0 aliphatic heterocycles. The first-order chi connectivity index (χ1) is 11.8. The molecule has 25 heavy (non-hydrogen) atoms. The first-order valence-corrected chi connectivity index (χ1v) is 8.97. The van der Waals surface area contributed by atoms with E-state index >= 15 is 0 Å². The zero-order valence-electron chi connectivity index (χ0n) is 16.3. The summed E-state index contributed by atoms with van der Waals surface area (Å²) < 4.78 is 5.16. The summed E-state index contributed by atoms with van der Waals surface area (Å²) in [4.78, 5) is 26.7. The van der Waals surface area contributed by atoms with Gasteiger partial charge in [0.1, 0.15) is 11.8 Å². The third-order valence-electron chi connectivity index (χ3n) is 4.16. The molecule has 0 aliphatic rings. The Kier molecular flexibility index (Phi) is 8.46. The largest absolute Gasteiger partial charge is 0.497 e. The van der Waals surface area contributed by atoms with Crippen molar-refractivity contribution in [3.63, 3.8) is 0 Å². The summed E-state index contributed by atoms with van der Waals surface area (Å²) in [6.07, 6.45) is 0.926. The van der Waals surface area contributed by atoms with E-state index in [1.807, 2.05) is 38.1 Å². The van der Waals surface area contributed by atoms with Crippen LogP contribution in [0, 0.1) is 11.8 Å².